The minimum atomic E-state index is -4.67. The van der Waals surface area contributed by atoms with Crippen molar-refractivity contribution in [2.75, 3.05) is 4.72 Å². The summed E-state index contributed by atoms with van der Waals surface area (Å²) in [5, 5.41) is 9.59. The molecule has 1 heterocycles. The lowest BCUT2D eigenvalue weighted by molar-refractivity contribution is 0.0988. The normalized spacial score (nSPS) is 11.3. The Morgan fingerprint density at radius 1 is 1.14 bits per heavy atom. The van der Waals surface area contributed by atoms with Crippen LogP contribution in [0.25, 0.3) is 0 Å². The highest BCUT2D eigenvalue weighted by Crippen LogP contribution is 2.29. The second-order valence-electron chi connectivity index (χ2n) is 5.78. The monoisotopic (exact) mass is 439 g/mol. The molecule has 3 aromatic rings. The van der Waals surface area contributed by atoms with Crippen LogP contribution in [0, 0.1) is 11.6 Å². The largest absolute Gasteiger partial charge is 0.506 e. The molecular formula is C18H12ClF2N3O4S. The van der Waals surface area contributed by atoms with Gasteiger partial charge < -0.3 is 5.11 Å². The third-order valence-corrected chi connectivity index (χ3v) is 5.40. The van der Waals surface area contributed by atoms with Gasteiger partial charge in [0.2, 0.25) is 5.28 Å². The van der Waals surface area contributed by atoms with Crippen molar-refractivity contribution in [3.05, 3.63) is 76.8 Å². The van der Waals surface area contributed by atoms with Gasteiger partial charge in [0, 0.05) is 6.20 Å². The molecule has 0 atom stereocenters. The number of ketones is 1. The first-order valence-electron chi connectivity index (χ1n) is 7.98. The number of phenolic OH excluding ortho intramolecular Hbond substituents is 1. The number of benzene rings is 2. The van der Waals surface area contributed by atoms with Gasteiger partial charge in [-0.25, -0.2) is 27.2 Å². The van der Waals surface area contributed by atoms with Crippen molar-refractivity contribution in [3.63, 3.8) is 0 Å². The Hall–Kier alpha value is -3.11. The lowest BCUT2D eigenvalue weighted by atomic mass is 10.1. The molecule has 0 fully saturated rings. The highest BCUT2D eigenvalue weighted by molar-refractivity contribution is 7.92. The number of rotatable bonds is 6. The quantitative estimate of drug-likeness (QED) is 0.450. The number of carbonyl (C=O) groups excluding carboxylic acids is 1. The molecular weight excluding hydrogens is 428 g/mol. The molecule has 0 aliphatic heterocycles. The average Bonchev–Trinajstić information content (AvgIpc) is 2.63. The van der Waals surface area contributed by atoms with E-state index < -0.39 is 49.3 Å². The number of nitrogens with one attached hydrogen (secondary N) is 1. The van der Waals surface area contributed by atoms with Crippen LogP contribution < -0.4 is 4.72 Å². The summed E-state index contributed by atoms with van der Waals surface area (Å²) in [6, 6.07) is 7.82. The molecule has 29 heavy (non-hydrogen) atoms. The summed E-state index contributed by atoms with van der Waals surface area (Å²) in [6.45, 7) is 0. The zero-order valence-electron chi connectivity index (χ0n) is 14.4. The van der Waals surface area contributed by atoms with E-state index in [0.717, 1.165) is 24.3 Å². The number of aromatic hydroxyl groups is 1. The Morgan fingerprint density at radius 3 is 2.55 bits per heavy atom. The van der Waals surface area contributed by atoms with E-state index in [9.17, 15) is 27.1 Å². The predicted molar refractivity (Wildman–Crippen MR) is 100 cm³/mol. The topological polar surface area (TPSA) is 109 Å². The third-order valence-electron chi connectivity index (χ3n) is 3.78. The molecule has 3 rings (SSSR count). The average molecular weight is 440 g/mol. The number of carbonyl (C=O) groups is 1. The molecule has 0 saturated heterocycles. The Balaban J connectivity index is 1.92. The molecule has 7 nitrogen and oxygen atoms in total. The number of hydrogen-bond acceptors (Lipinski definition) is 6. The molecule has 0 unspecified atom stereocenters. The van der Waals surface area contributed by atoms with Crippen molar-refractivity contribution in [3.8, 4) is 5.75 Å². The lowest BCUT2D eigenvalue weighted by Crippen LogP contribution is -2.17. The highest BCUT2D eigenvalue weighted by Gasteiger charge is 2.26. The maximum absolute atomic E-state index is 14.8. The summed E-state index contributed by atoms with van der Waals surface area (Å²) in [5.74, 6) is -3.90. The maximum Gasteiger partial charge on any atom is 0.268 e. The standard InChI is InChI=1S/C18H12ClF2N3O4S/c19-18-22-8-7-10(23-18)9-15(26)11-3-1-5-13(16(11)21)24-29(27,28)17-12(20)4-2-6-14(17)25/h1-8,24-25H,9H2. The van der Waals surface area contributed by atoms with Gasteiger partial charge in [-0.05, 0) is 41.9 Å². The van der Waals surface area contributed by atoms with E-state index in [1.54, 1.807) is 0 Å². The van der Waals surface area contributed by atoms with Gasteiger partial charge >= 0.3 is 0 Å². The molecule has 1 aromatic heterocycles. The van der Waals surface area contributed by atoms with Gasteiger partial charge in [-0.2, -0.15) is 0 Å². The van der Waals surface area contributed by atoms with Gasteiger partial charge in [0.05, 0.1) is 23.4 Å². The van der Waals surface area contributed by atoms with Crippen LogP contribution in [0.1, 0.15) is 16.1 Å². The van der Waals surface area contributed by atoms with Gasteiger partial charge in [0.1, 0.15) is 11.6 Å². The fourth-order valence-electron chi connectivity index (χ4n) is 2.51. The number of hydrogen-bond donors (Lipinski definition) is 2. The van der Waals surface area contributed by atoms with Gasteiger partial charge in [-0.1, -0.05) is 12.1 Å². The molecule has 0 radical (unpaired) electrons. The van der Waals surface area contributed by atoms with E-state index in [1.807, 2.05) is 4.72 Å². The van der Waals surface area contributed by atoms with Crippen LogP contribution in [-0.4, -0.2) is 29.3 Å². The van der Waals surface area contributed by atoms with Crippen LogP contribution in [0.15, 0.2) is 53.6 Å². The molecule has 0 saturated carbocycles. The van der Waals surface area contributed by atoms with Gasteiger partial charge in [-0.3, -0.25) is 9.52 Å². The minimum Gasteiger partial charge on any atom is -0.506 e. The molecule has 0 aliphatic rings. The number of sulfonamides is 1. The van der Waals surface area contributed by atoms with E-state index in [0.29, 0.717) is 0 Å². The molecule has 0 spiro atoms. The maximum atomic E-state index is 14.8. The van der Waals surface area contributed by atoms with Gasteiger partial charge in [0.25, 0.3) is 10.0 Å². The van der Waals surface area contributed by atoms with Crippen molar-refractivity contribution >= 4 is 33.1 Å². The van der Waals surface area contributed by atoms with Crippen LogP contribution in [0.3, 0.4) is 0 Å². The Labute approximate surface area is 169 Å². The van der Waals surface area contributed by atoms with Crippen LogP contribution in [0.5, 0.6) is 5.75 Å². The van der Waals surface area contributed by atoms with E-state index in [2.05, 4.69) is 9.97 Å². The fourth-order valence-corrected chi connectivity index (χ4v) is 3.90. The molecule has 0 amide bonds. The Bertz CT molecular complexity index is 1190. The number of Topliss-reactive ketones (excluding diaryl/α,β-unsaturated/α-hetero) is 1. The van der Waals surface area contributed by atoms with Crippen molar-refractivity contribution in [2.24, 2.45) is 0 Å². The first-order chi connectivity index (χ1) is 13.7. The SMILES string of the molecule is O=C(Cc1ccnc(Cl)n1)c1cccc(NS(=O)(=O)c2c(O)cccc2F)c1F. The molecule has 150 valence electrons. The Morgan fingerprint density at radius 2 is 1.86 bits per heavy atom. The van der Waals surface area contributed by atoms with Crippen LogP contribution >= 0.6 is 11.6 Å². The summed E-state index contributed by atoms with van der Waals surface area (Å²) >= 11 is 5.65. The van der Waals surface area contributed by atoms with Crippen molar-refractivity contribution in [1.82, 2.24) is 9.97 Å². The van der Waals surface area contributed by atoms with E-state index in [1.165, 1.54) is 24.4 Å². The van der Waals surface area contributed by atoms with E-state index >= 15 is 0 Å². The smallest absolute Gasteiger partial charge is 0.268 e. The summed E-state index contributed by atoms with van der Waals surface area (Å²) in [7, 11) is -4.67. The van der Waals surface area contributed by atoms with Crippen molar-refractivity contribution in [1.29, 1.82) is 0 Å². The minimum absolute atomic E-state index is 0.0815. The van der Waals surface area contributed by atoms with Gasteiger partial charge in [0.15, 0.2) is 16.5 Å². The van der Waals surface area contributed by atoms with Gasteiger partial charge in [-0.15, -0.1) is 0 Å². The number of aromatic nitrogens is 2. The first kappa shape index (κ1) is 20.6. The number of anilines is 1. The second-order valence-corrected chi connectivity index (χ2v) is 7.73. The zero-order chi connectivity index (χ0) is 21.2. The lowest BCUT2D eigenvalue weighted by Gasteiger charge is -2.12. The molecule has 0 bridgehead atoms. The predicted octanol–water partition coefficient (Wildman–Crippen LogP) is 3.34. The summed E-state index contributed by atoms with van der Waals surface area (Å²) in [5.41, 5.74) is -0.742. The van der Waals surface area contributed by atoms with E-state index in [4.69, 9.17) is 11.6 Å². The second kappa shape index (κ2) is 8.10. The third kappa shape index (κ3) is 4.49. The van der Waals surface area contributed by atoms with Crippen LogP contribution in [0.4, 0.5) is 14.5 Å². The number of nitrogens with zero attached hydrogens (tertiary/aromatic N) is 2. The van der Waals surface area contributed by atoms with Crippen LogP contribution in [0.2, 0.25) is 5.28 Å². The molecule has 2 aromatic carbocycles. The first-order valence-corrected chi connectivity index (χ1v) is 9.84. The van der Waals surface area contributed by atoms with Crippen LogP contribution in [-0.2, 0) is 16.4 Å². The Kier molecular flexibility index (Phi) is 5.76. The summed E-state index contributed by atoms with van der Waals surface area (Å²) in [6.07, 6.45) is 1.03. The van der Waals surface area contributed by atoms with Crippen molar-refractivity contribution in [2.45, 2.75) is 11.3 Å². The van der Waals surface area contributed by atoms with E-state index in [-0.39, 0.29) is 17.4 Å². The highest BCUT2D eigenvalue weighted by atomic mass is 35.5. The number of phenols is 1. The zero-order valence-corrected chi connectivity index (χ0v) is 16.0. The fraction of sp³-hybridized carbons (Fsp3) is 0.0556. The molecule has 11 heteroatoms. The number of halogens is 3. The summed E-state index contributed by atoms with van der Waals surface area (Å²) < 4.78 is 55.3. The summed E-state index contributed by atoms with van der Waals surface area (Å²) in [4.78, 5) is 18.9. The molecule has 0 aliphatic carbocycles. The molecule has 2 N–H and O–H groups in total. The van der Waals surface area contributed by atoms with Crippen molar-refractivity contribution < 1.29 is 27.1 Å².